The zero-order valence-electron chi connectivity index (χ0n) is 29.2. The van der Waals surface area contributed by atoms with Gasteiger partial charge in [0.25, 0.3) is 0 Å². The fourth-order valence-corrected chi connectivity index (χ4v) is 4.84. The summed E-state index contributed by atoms with van der Waals surface area (Å²) in [4.78, 5) is 0. The van der Waals surface area contributed by atoms with Crippen molar-refractivity contribution >= 4 is 58.8 Å². The number of fused-ring (bicyclic) bond motifs is 5. The molecule has 0 amide bonds. The molecule has 264 valence electrons. The maximum absolute atomic E-state index is 5.36. The topological polar surface area (TPSA) is 26.0 Å². The largest absolute Gasteiger partial charge is 4.00 e. The Morgan fingerprint density at radius 3 is 1.27 bits per heavy atom. The van der Waals surface area contributed by atoms with E-state index >= 15 is 0 Å². The van der Waals surface area contributed by atoms with Gasteiger partial charge in [-0.15, -0.1) is 105 Å². The van der Waals surface area contributed by atoms with E-state index < -0.39 is 0 Å². The summed E-state index contributed by atoms with van der Waals surface area (Å²) in [5.41, 5.74) is 6.18. The van der Waals surface area contributed by atoms with E-state index in [0.717, 1.165) is 12.1 Å². The number of hydrogen-bond donors (Lipinski definition) is 1. The molecule has 8 aromatic rings. The van der Waals surface area contributed by atoms with Gasteiger partial charge in [-0.05, 0) is 12.1 Å². The van der Waals surface area contributed by atoms with Crippen LogP contribution in [0, 0.1) is 6.08 Å². The molecule has 0 atom stereocenters. The van der Waals surface area contributed by atoms with Gasteiger partial charge in [-0.3, -0.25) is 6.08 Å². The third kappa shape index (κ3) is 18.8. The smallest absolute Gasteiger partial charge is 1.00 e. The van der Waals surface area contributed by atoms with Crippen LogP contribution in [0.4, 0.5) is 5.69 Å². The predicted molar refractivity (Wildman–Crippen MR) is 206 cm³/mol. The molecular weight excluding hydrogens is 1030 g/mol. The first kappa shape index (κ1) is 52.0. The normalized spacial score (nSPS) is 9.69. The standard InChI is InChI=1S/C13H9.2C9H7.C6H7N.C5H5.C2H6Ge.4ClH.Hf.Zr/c1-3-7-12-10(5-1)9-11-6-2-4-8-13(11)12;2*1-2-5-9-7-3-6-8(9)4-1;7-6-4-2-1-3-5-6;1-2-4-5-3-1;1-3-2;;;;;;/h1-9H;2*1-7H;1-5H,7H2;1-3H,4H2;1-2H3;4*1H;;/q3*-1;;-1;;;;;;+2;+4/p-4. The number of nitrogens with two attached hydrogens (primary N) is 1. The number of rotatable bonds is 0. The monoisotopic (exact) mass is 1070 g/mol. The van der Waals surface area contributed by atoms with Crippen molar-refractivity contribution in [2.75, 3.05) is 5.73 Å². The van der Waals surface area contributed by atoms with Crippen LogP contribution in [0.2, 0.25) is 11.5 Å². The molecule has 0 radical (unpaired) electrons. The van der Waals surface area contributed by atoms with E-state index in [2.05, 4.69) is 163 Å². The number of anilines is 1. The first-order chi connectivity index (χ1) is 23.0. The average molecular weight is 1070 g/mol. The predicted octanol–water partition coefficient (Wildman–Crippen LogP) is 0.202. The summed E-state index contributed by atoms with van der Waals surface area (Å²) >= 11 is 1.52. The number of allylic oxidation sites excluding steroid dienone is 4. The number of nitrogen functional groups attached to an aromatic ring is 1. The van der Waals surface area contributed by atoms with E-state index in [1.165, 1.54) is 64.4 Å². The van der Waals surface area contributed by atoms with Gasteiger partial charge in [0.2, 0.25) is 0 Å². The Hall–Kier alpha value is -2.07. The maximum Gasteiger partial charge on any atom is 4.00 e. The molecule has 2 N–H and O–H groups in total. The molecule has 1 nitrogen and oxygen atoms in total. The Balaban J connectivity index is 0. The molecule has 8 heteroatoms. The van der Waals surface area contributed by atoms with Crippen molar-refractivity contribution in [3.63, 3.8) is 0 Å². The van der Waals surface area contributed by atoms with Crippen molar-refractivity contribution in [1.82, 2.24) is 0 Å². The minimum atomic E-state index is -0.194. The summed E-state index contributed by atoms with van der Waals surface area (Å²) < 4.78 is 0. The number of halogens is 4. The van der Waals surface area contributed by atoms with Crippen molar-refractivity contribution < 1.29 is 97.1 Å². The third-order valence-electron chi connectivity index (χ3n) is 7.00. The second-order valence-electron chi connectivity index (χ2n) is 11.0. The van der Waals surface area contributed by atoms with E-state index in [0.29, 0.717) is 0 Å². The van der Waals surface area contributed by atoms with Crippen LogP contribution in [0.1, 0.15) is 6.42 Å². The van der Waals surface area contributed by atoms with Gasteiger partial charge in [-0.2, -0.15) is 41.1 Å². The summed E-state index contributed by atoms with van der Waals surface area (Å²) in [5, 5.41) is 10.7. The van der Waals surface area contributed by atoms with Gasteiger partial charge >= 0.3 is 69.0 Å². The number of para-hydroxylation sites is 1. The number of hydrogen-bond acceptors (Lipinski definition) is 1. The molecule has 0 unspecified atom stereocenters. The second-order valence-corrected chi connectivity index (χ2v) is 33.9. The Kier molecular flexibility index (Phi) is 30.3. The fraction of sp³-hybridized carbons (Fsp3) is 0.0682. The Labute approximate surface area is 369 Å². The molecule has 1 aliphatic carbocycles. The molecule has 0 spiro atoms. The van der Waals surface area contributed by atoms with Gasteiger partial charge in [-0.25, -0.2) is 12.2 Å². The van der Waals surface area contributed by atoms with Crippen LogP contribution in [0.25, 0.3) is 43.1 Å². The maximum atomic E-state index is 5.36. The molecule has 0 bridgehead atoms. The average Bonchev–Trinajstić information content (AvgIpc) is 3.93. The molecule has 0 aromatic heterocycles. The van der Waals surface area contributed by atoms with Crippen LogP contribution in [-0.4, -0.2) is 10.1 Å². The van der Waals surface area contributed by atoms with Crippen molar-refractivity contribution in [3.05, 3.63) is 194 Å². The molecule has 9 rings (SSSR count). The minimum Gasteiger partial charge on any atom is -1.00 e. The summed E-state index contributed by atoms with van der Waals surface area (Å²) in [6.45, 7) is 0. The van der Waals surface area contributed by atoms with E-state index in [9.17, 15) is 0 Å². The van der Waals surface area contributed by atoms with Gasteiger partial charge in [0.15, 0.2) is 0 Å². The van der Waals surface area contributed by atoms with Crippen molar-refractivity contribution in [3.8, 4) is 0 Å². The third-order valence-corrected chi connectivity index (χ3v) is 7.00. The van der Waals surface area contributed by atoms with Gasteiger partial charge in [0.1, 0.15) is 0 Å². The first-order valence-corrected chi connectivity index (χ1v) is 30.4. The van der Waals surface area contributed by atoms with Crippen LogP contribution < -0.4 is 55.4 Å². The van der Waals surface area contributed by atoms with E-state index in [1.54, 1.807) is 0 Å². The SMILES string of the molecule is Nc1ccccc1.[C-]1=CC=CC1.[CH3][Ge]([CH3])=[Hf+2].[Cl-].[Cl-].[Cl-].[Cl-].[Zr+4].c1ccc2[cH-]ccc2c1.c1ccc2[cH-]ccc2c1.c1ccc2c(c1)[cH-]c1ccccc12. The Morgan fingerprint density at radius 2 is 0.942 bits per heavy atom. The second kappa shape index (κ2) is 30.3. The van der Waals surface area contributed by atoms with Crippen molar-refractivity contribution in [2.24, 2.45) is 0 Å². The molecule has 52 heavy (non-hydrogen) atoms. The quantitative estimate of drug-likeness (QED) is 0.131. The fourth-order valence-electron chi connectivity index (χ4n) is 4.84. The first-order valence-electron chi connectivity index (χ1n) is 15.8. The van der Waals surface area contributed by atoms with E-state index in [-0.39, 0.29) is 85.9 Å². The molecule has 0 fully saturated rings. The summed E-state index contributed by atoms with van der Waals surface area (Å²) in [6, 6.07) is 58.1. The molecule has 0 aliphatic heterocycles. The van der Waals surface area contributed by atoms with E-state index in [1.807, 2.05) is 42.5 Å². The molecule has 1 aliphatic rings. The minimum absolute atomic E-state index is 0. The van der Waals surface area contributed by atoms with Crippen LogP contribution in [0.3, 0.4) is 0 Å². The van der Waals surface area contributed by atoms with Gasteiger partial charge in [0.05, 0.1) is 0 Å². The van der Waals surface area contributed by atoms with Crippen LogP contribution >= 0.6 is 0 Å². The number of benzene rings is 5. The van der Waals surface area contributed by atoms with Crippen molar-refractivity contribution in [1.29, 1.82) is 0 Å². The Bertz CT molecular complexity index is 1960. The van der Waals surface area contributed by atoms with Crippen LogP contribution in [0.15, 0.2) is 188 Å². The summed E-state index contributed by atoms with van der Waals surface area (Å²) in [5.74, 6) is 4.79. The van der Waals surface area contributed by atoms with Gasteiger partial charge < -0.3 is 55.4 Å². The van der Waals surface area contributed by atoms with Crippen LogP contribution in [-0.2, 0) is 47.5 Å². The van der Waals surface area contributed by atoms with Gasteiger partial charge in [-0.1, -0.05) is 66.7 Å². The zero-order valence-corrected chi connectivity index (χ0v) is 40.4. The molecule has 8 aromatic carbocycles. The van der Waals surface area contributed by atoms with Crippen molar-refractivity contribution in [2.45, 2.75) is 17.9 Å². The molecular formula is C44H41Cl4GeHfNZr-2. The summed E-state index contributed by atoms with van der Waals surface area (Å²) in [7, 11) is -0.194. The molecule has 0 saturated heterocycles. The molecule has 0 heterocycles. The van der Waals surface area contributed by atoms with Crippen LogP contribution in [0.5, 0.6) is 0 Å². The zero-order chi connectivity index (χ0) is 33.1. The molecule has 0 saturated carbocycles. The Morgan fingerprint density at radius 1 is 0.558 bits per heavy atom. The van der Waals surface area contributed by atoms with E-state index in [4.69, 9.17) is 5.73 Å². The van der Waals surface area contributed by atoms with Gasteiger partial charge in [0, 0.05) is 5.69 Å². The summed E-state index contributed by atoms with van der Waals surface area (Å²) in [6.07, 6.45) is 10.0.